The molecule has 0 aromatic rings. The molecular formula is C24H40O2. The van der Waals surface area contributed by atoms with Gasteiger partial charge < -0.3 is 0 Å². The average molecular weight is 361 g/mol. The first-order chi connectivity index (χ1) is 12.3. The summed E-state index contributed by atoms with van der Waals surface area (Å²) in [5, 5.41) is 0. The maximum absolute atomic E-state index is 11.3. The van der Waals surface area contributed by atoms with Gasteiger partial charge in [0, 0.05) is 18.8 Å². The summed E-state index contributed by atoms with van der Waals surface area (Å²) in [6.45, 7) is 12.1. The minimum Gasteiger partial charge on any atom is -0.300 e. The van der Waals surface area contributed by atoms with Crippen molar-refractivity contribution in [2.45, 2.75) is 92.9 Å². The van der Waals surface area contributed by atoms with Gasteiger partial charge in [0.25, 0.3) is 0 Å². The van der Waals surface area contributed by atoms with Crippen LogP contribution in [0.15, 0.2) is 35.5 Å². The smallest absolute Gasteiger partial charge is 0.132 e. The fourth-order valence-electron chi connectivity index (χ4n) is 2.82. The maximum atomic E-state index is 11.3. The second kappa shape index (κ2) is 14.7. The Kier molecular flexibility index (Phi) is 13.9. The Balaban J connectivity index is 3.99. The molecule has 0 heterocycles. The molecule has 0 saturated heterocycles. The Hall–Kier alpha value is -1.44. The number of Topliss-reactive ketones (excluding diaryl/α,β-unsaturated/α-hetero) is 2. The van der Waals surface area contributed by atoms with Crippen LogP contribution in [0.2, 0.25) is 0 Å². The number of carbonyl (C=O) groups is 2. The van der Waals surface area contributed by atoms with Crippen LogP contribution in [0.4, 0.5) is 0 Å². The van der Waals surface area contributed by atoms with E-state index in [-0.39, 0.29) is 11.7 Å². The van der Waals surface area contributed by atoms with Crippen molar-refractivity contribution in [3.8, 4) is 0 Å². The summed E-state index contributed by atoms with van der Waals surface area (Å²) in [4.78, 5) is 22.6. The van der Waals surface area contributed by atoms with Crippen molar-refractivity contribution in [1.82, 2.24) is 0 Å². The van der Waals surface area contributed by atoms with E-state index in [0.717, 1.165) is 38.5 Å². The van der Waals surface area contributed by atoms with Gasteiger partial charge in [0.1, 0.15) is 11.6 Å². The fourth-order valence-corrected chi connectivity index (χ4v) is 2.82. The van der Waals surface area contributed by atoms with Gasteiger partial charge >= 0.3 is 0 Å². The zero-order valence-corrected chi connectivity index (χ0v) is 17.9. The van der Waals surface area contributed by atoms with Gasteiger partial charge in [-0.05, 0) is 65.2 Å². The van der Waals surface area contributed by atoms with E-state index in [2.05, 4.69) is 45.1 Å². The van der Waals surface area contributed by atoms with Gasteiger partial charge in [0.15, 0.2) is 0 Å². The molecule has 0 aromatic carbocycles. The van der Waals surface area contributed by atoms with Crippen molar-refractivity contribution in [3.05, 3.63) is 35.5 Å². The lowest BCUT2D eigenvalue weighted by Gasteiger charge is -2.10. The van der Waals surface area contributed by atoms with Crippen LogP contribution in [0.3, 0.4) is 0 Å². The Bertz CT molecular complexity index is 508. The number of hydrogen-bond acceptors (Lipinski definition) is 2. The standard InChI is InChI=1S/C24H40O2/c1-7-24(26)17-16-20(3)15-11-14-19(2)12-9-8-10-13-21(4)18-22(5)23(6)25/h10,12-13,15,21-22H,7-9,11,14,16-18H2,1-6H3/b13-10+,19-12+,20-15+. The highest BCUT2D eigenvalue weighted by atomic mass is 16.1. The lowest BCUT2D eigenvalue weighted by molar-refractivity contribution is -0.120. The van der Waals surface area contributed by atoms with E-state index in [0.29, 0.717) is 24.5 Å². The van der Waals surface area contributed by atoms with Crippen LogP contribution in [0.5, 0.6) is 0 Å². The third-order valence-electron chi connectivity index (χ3n) is 4.93. The summed E-state index contributed by atoms with van der Waals surface area (Å²) in [6, 6.07) is 0. The predicted molar refractivity (Wildman–Crippen MR) is 113 cm³/mol. The molecule has 26 heavy (non-hydrogen) atoms. The van der Waals surface area contributed by atoms with Gasteiger partial charge in [-0.2, -0.15) is 0 Å². The largest absolute Gasteiger partial charge is 0.300 e. The number of hydrogen-bond donors (Lipinski definition) is 0. The predicted octanol–water partition coefficient (Wildman–Crippen LogP) is 7.01. The van der Waals surface area contributed by atoms with Crippen molar-refractivity contribution in [3.63, 3.8) is 0 Å². The fraction of sp³-hybridized carbons (Fsp3) is 0.667. The summed E-state index contributed by atoms with van der Waals surface area (Å²) in [5.74, 6) is 1.26. The summed E-state index contributed by atoms with van der Waals surface area (Å²) in [6.07, 6.45) is 16.6. The number of unbranched alkanes of at least 4 members (excludes halogenated alkanes) is 1. The molecule has 0 amide bonds. The first-order valence-corrected chi connectivity index (χ1v) is 10.3. The summed E-state index contributed by atoms with van der Waals surface area (Å²) >= 11 is 0. The molecule has 2 atom stereocenters. The molecule has 0 N–H and O–H groups in total. The Morgan fingerprint density at radius 2 is 1.46 bits per heavy atom. The molecule has 0 radical (unpaired) electrons. The molecule has 0 aromatic heterocycles. The molecule has 148 valence electrons. The molecule has 0 saturated carbocycles. The SMILES string of the molecule is CCC(=O)CC/C(C)=C/CC/C(C)=C/CC/C=C/C(C)CC(C)C(C)=O. The van der Waals surface area contributed by atoms with Crippen LogP contribution in [0.25, 0.3) is 0 Å². The summed E-state index contributed by atoms with van der Waals surface area (Å²) in [7, 11) is 0. The van der Waals surface area contributed by atoms with E-state index in [1.165, 1.54) is 11.1 Å². The summed E-state index contributed by atoms with van der Waals surface area (Å²) in [5.41, 5.74) is 2.77. The lowest BCUT2D eigenvalue weighted by atomic mass is 9.94. The van der Waals surface area contributed by atoms with Crippen LogP contribution < -0.4 is 0 Å². The van der Waals surface area contributed by atoms with E-state index in [4.69, 9.17) is 0 Å². The van der Waals surface area contributed by atoms with E-state index in [1.807, 2.05) is 13.8 Å². The third kappa shape index (κ3) is 13.8. The zero-order chi connectivity index (χ0) is 19.9. The highest BCUT2D eigenvalue weighted by Crippen LogP contribution is 2.15. The highest BCUT2D eigenvalue weighted by Gasteiger charge is 2.10. The van der Waals surface area contributed by atoms with Crippen molar-refractivity contribution in [2.75, 3.05) is 0 Å². The third-order valence-corrected chi connectivity index (χ3v) is 4.93. The summed E-state index contributed by atoms with van der Waals surface area (Å²) < 4.78 is 0. The molecule has 2 heteroatoms. The zero-order valence-electron chi connectivity index (χ0n) is 17.9. The van der Waals surface area contributed by atoms with Crippen LogP contribution in [-0.4, -0.2) is 11.6 Å². The van der Waals surface area contributed by atoms with E-state index >= 15 is 0 Å². The Morgan fingerprint density at radius 1 is 0.846 bits per heavy atom. The van der Waals surface area contributed by atoms with Crippen LogP contribution in [0.1, 0.15) is 92.9 Å². The van der Waals surface area contributed by atoms with E-state index in [9.17, 15) is 9.59 Å². The first kappa shape index (κ1) is 24.6. The second-order valence-corrected chi connectivity index (χ2v) is 7.76. The van der Waals surface area contributed by atoms with Gasteiger partial charge in [-0.25, -0.2) is 0 Å². The van der Waals surface area contributed by atoms with Crippen molar-refractivity contribution in [1.29, 1.82) is 0 Å². The van der Waals surface area contributed by atoms with Crippen molar-refractivity contribution < 1.29 is 9.59 Å². The topological polar surface area (TPSA) is 34.1 Å². The van der Waals surface area contributed by atoms with Crippen LogP contribution in [0, 0.1) is 11.8 Å². The molecule has 0 aliphatic rings. The first-order valence-electron chi connectivity index (χ1n) is 10.3. The van der Waals surface area contributed by atoms with Gasteiger partial charge in [-0.3, -0.25) is 9.59 Å². The van der Waals surface area contributed by atoms with E-state index in [1.54, 1.807) is 6.92 Å². The maximum Gasteiger partial charge on any atom is 0.132 e. The van der Waals surface area contributed by atoms with Crippen LogP contribution in [-0.2, 0) is 9.59 Å². The van der Waals surface area contributed by atoms with Crippen molar-refractivity contribution >= 4 is 11.6 Å². The lowest BCUT2D eigenvalue weighted by Crippen LogP contribution is -2.09. The molecule has 2 unspecified atom stereocenters. The van der Waals surface area contributed by atoms with E-state index < -0.39 is 0 Å². The monoisotopic (exact) mass is 360 g/mol. The quantitative estimate of drug-likeness (QED) is 0.247. The normalized spacial score (nSPS) is 15.3. The molecule has 0 rings (SSSR count). The minimum atomic E-state index is 0.161. The molecular weight excluding hydrogens is 320 g/mol. The molecule has 0 bridgehead atoms. The number of carbonyl (C=O) groups excluding carboxylic acids is 2. The van der Waals surface area contributed by atoms with Crippen molar-refractivity contribution in [2.24, 2.45) is 11.8 Å². The van der Waals surface area contributed by atoms with Gasteiger partial charge in [-0.15, -0.1) is 0 Å². The number of rotatable bonds is 14. The number of ketones is 2. The molecule has 0 aliphatic carbocycles. The molecule has 0 aliphatic heterocycles. The highest BCUT2D eigenvalue weighted by molar-refractivity contribution is 5.78. The number of allylic oxidation sites excluding steroid dienone is 6. The average Bonchev–Trinajstić information content (AvgIpc) is 2.59. The van der Waals surface area contributed by atoms with Crippen LogP contribution >= 0.6 is 0 Å². The minimum absolute atomic E-state index is 0.161. The van der Waals surface area contributed by atoms with Gasteiger partial charge in [0.05, 0.1) is 0 Å². The Labute approximate surface area is 161 Å². The molecule has 2 nitrogen and oxygen atoms in total. The van der Waals surface area contributed by atoms with Gasteiger partial charge in [0.2, 0.25) is 0 Å². The second-order valence-electron chi connectivity index (χ2n) is 7.76. The molecule has 0 fully saturated rings. The molecule has 0 spiro atoms. The van der Waals surface area contributed by atoms with Gasteiger partial charge in [-0.1, -0.05) is 56.2 Å². The Morgan fingerprint density at radius 3 is 2.08 bits per heavy atom.